The molecular weight excluding hydrogens is 262 g/mol. The molecule has 2 aromatic rings. The lowest BCUT2D eigenvalue weighted by Crippen LogP contribution is -2.17. The minimum Gasteiger partial charge on any atom is -0.394 e. The fraction of sp³-hybridized carbons (Fsp3) is 0.471. The Bertz CT molecular complexity index is 545. The highest BCUT2D eigenvalue weighted by Gasteiger charge is 2.07. The van der Waals surface area contributed by atoms with Gasteiger partial charge in [0.2, 0.25) is 0 Å². The molecule has 0 radical (unpaired) electrons. The molecule has 0 saturated carbocycles. The molecule has 2 rings (SSSR count). The van der Waals surface area contributed by atoms with E-state index in [2.05, 4.69) is 55.5 Å². The number of hydrogen-bond acceptors (Lipinski definition) is 3. The number of benzene rings is 1. The van der Waals surface area contributed by atoms with Gasteiger partial charge in [0.1, 0.15) is 0 Å². The number of aliphatic hydroxyl groups excluding tert-OH is 1. The lowest BCUT2D eigenvalue weighted by molar-refractivity contribution is 0.269. The van der Waals surface area contributed by atoms with Crippen molar-refractivity contribution in [1.82, 2.24) is 15.1 Å². The number of nitrogens with zero attached hydrogens (tertiary/aromatic N) is 2. The van der Waals surface area contributed by atoms with E-state index in [-0.39, 0.29) is 6.61 Å². The molecule has 0 fully saturated rings. The van der Waals surface area contributed by atoms with Crippen molar-refractivity contribution in [3.8, 4) is 0 Å². The lowest BCUT2D eigenvalue weighted by atomic mass is 9.99. The van der Waals surface area contributed by atoms with Gasteiger partial charge in [0.05, 0.1) is 19.3 Å². The second kappa shape index (κ2) is 7.38. The Morgan fingerprint density at radius 3 is 2.43 bits per heavy atom. The molecule has 0 aliphatic carbocycles. The van der Waals surface area contributed by atoms with Crippen LogP contribution in [0, 0.1) is 0 Å². The molecule has 0 aliphatic rings. The van der Waals surface area contributed by atoms with Gasteiger partial charge >= 0.3 is 0 Å². The van der Waals surface area contributed by atoms with Crippen LogP contribution in [0.15, 0.2) is 36.7 Å². The van der Waals surface area contributed by atoms with Crippen LogP contribution in [0.2, 0.25) is 0 Å². The zero-order valence-corrected chi connectivity index (χ0v) is 13.1. The minimum absolute atomic E-state index is 0.118. The van der Waals surface area contributed by atoms with E-state index in [1.54, 1.807) is 4.68 Å². The van der Waals surface area contributed by atoms with Gasteiger partial charge < -0.3 is 10.4 Å². The third kappa shape index (κ3) is 4.41. The van der Waals surface area contributed by atoms with Gasteiger partial charge in [0.25, 0.3) is 0 Å². The van der Waals surface area contributed by atoms with Gasteiger partial charge in [-0.15, -0.1) is 0 Å². The van der Waals surface area contributed by atoms with E-state index in [4.69, 9.17) is 5.11 Å². The number of rotatable bonds is 7. The molecule has 0 amide bonds. The van der Waals surface area contributed by atoms with Crippen LogP contribution in [-0.4, -0.2) is 21.5 Å². The molecule has 1 aromatic carbocycles. The molecule has 114 valence electrons. The molecule has 4 heteroatoms. The molecule has 1 unspecified atom stereocenters. The molecule has 2 N–H and O–H groups in total. The second-order valence-electron chi connectivity index (χ2n) is 5.76. The van der Waals surface area contributed by atoms with Crippen LogP contribution < -0.4 is 5.32 Å². The fourth-order valence-electron chi connectivity index (χ4n) is 2.28. The molecule has 0 bridgehead atoms. The van der Waals surface area contributed by atoms with E-state index in [1.165, 1.54) is 11.1 Å². The van der Waals surface area contributed by atoms with Gasteiger partial charge in [-0.3, -0.25) is 4.68 Å². The van der Waals surface area contributed by atoms with Crippen LogP contribution in [0.3, 0.4) is 0 Å². The lowest BCUT2D eigenvalue weighted by Gasteiger charge is -2.15. The van der Waals surface area contributed by atoms with Crippen LogP contribution in [0.25, 0.3) is 0 Å². The average molecular weight is 287 g/mol. The molecule has 1 atom stereocenters. The van der Waals surface area contributed by atoms with Crippen molar-refractivity contribution in [3.05, 3.63) is 53.3 Å². The Morgan fingerprint density at radius 2 is 1.81 bits per heavy atom. The summed E-state index contributed by atoms with van der Waals surface area (Å²) in [5.74, 6) is 0.569. The van der Waals surface area contributed by atoms with Crippen molar-refractivity contribution in [2.45, 2.75) is 45.8 Å². The van der Waals surface area contributed by atoms with Crippen molar-refractivity contribution >= 4 is 0 Å². The third-order valence-electron chi connectivity index (χ3n) is 3.73. The standard InChI is InChI=1S/C17H25N3O/c1-13(2)16-4-6-17(7-5-16)14(3)18-10-15-11-19-20(12-15)8-9-21/h4-7,11-14,18,21H,8-10H2,1-3H3. The van der Waals surface area contributed by atoms with Gasteiger partial charge in [-0.1, -0.05) is 38.1 Å². The molecule has 1 aromatic heterocycles. The van der Waals surface area contributed by atoms with Crippen molar-refractivity contribution in [3.63, 3.8) is 0 Å². The monoisotopic (exact) mass is 287 g/mol. The summed E-state index contributed by atoms with van der Waals surface area (Å²) in [6.07, 6.45) is 3.81. The first-order chi connectivity index (χ1) is 10.1. The molecule has 0 spiro atoms. The van der Waals surface area contributed by atoms with Crippen molar-refractivity contribution < 1.29 is 5.11 Å². The zero-order valence-electron chi connectivity index (χ0n) is 13.1. The third-order valence-corrected chi connectivity index (χ3v) is 3.73. The number of nitrogens with one attached hydrogen (secondary N) is 1. The molecule has 0 saturated heterocycles. The summed E-state index contributed by atoms with van der Waals surface area (Å²) in [5.41, 5.74) is 3.80. The molecule has 4 nitrogen and oxygen atoms in total. The van der Waals surface area contributed by atoms with E-state index in [0.29, 0.717) is 18.5 Å². The first-order valence-electron chi connectivity index (χ1n) is 7.55. The fourth-order valence-corrected chi connectivity index (χ4v) is 2.28. The Balaban J connectivity index is 1.89. The van der Waals surface area contributed by atoms with Crippen LogP contribution >= 0.6 is 0 Å². The quantitative estimate of drug-likeness (QED) is 0.823. The SMILES string of the molecule is CC(C)c1ccc(C(C)NCc2cnn(CCO)c2)cc1. The second-order valence-corrected chi connectivity index (χ2v) is 5.76. The summed E-state index contributed by atoms with van der Waals surface area (Å²) < 4.78 is 1.76. The zero-order chi connectivity index (χ0) is 15.2. The van der Waals surface area contributed by atoms with E-state index in [1.807, 2.05) is 12.4 Å². The highest BCUT2D eigenvalue weighted by molar-refractivity contribution is 5.26. The first-order valence-corrected chi connectivity index (χ1v) is 7.55. The molecule has 0 aliphatic heterocycles. The van der Waals surface area contributed by atoms with Crippen LogP contribution in [0.4, 0.5) is 0 Å². The highest BCUT2D eigenvalue weighted by atomic mass is 16.3. The molecule has 21 heavy (non-hydrogen) atoms. The van der Waals surface area contributed by atoms with Gasteiger partial charge in [-0.25, -0.2) is 0 Å². The van der Waals surface area contributed by atoms with E-state index in [9.17, 15) is 0 Å². The van der Waals surface area contributed by atoms with Crippen LogP contribution in [0.1, 0.15) is 49.4 Å². The summed E-state index contributed by atoms with van der Waals surface area (Å²) in [6, 6.07) is 9.10. The normalized spacial score (nSPS) is 12.8. The molecular formula is C17H25N3O. The van der Waals surface area contributed by atoms with Crippen molar-refractivity contribution in [2.24, 2.45) is 0 Å². The van der Waals surface area contributed by atoms with E-state index >= 15 is 0 Å². The maximum absolute atomic E-state index is 8.88. The number of aliphatic hydroxyl groups is 1. The van der Waals surface area contributed by atoms with Gasteiger partial charge in [-0.2, -0.15) is 5.10 Å². The van der Waals surface area contributed by atoms with Crippen molar-refractivity contribution in [1.29, 1.82) is 0 Å². The average Bonchev–Trinajstić information content (AvgIpc) is 2.93. The maximum Gasteiger partial charge on any atom is 0.0640 e. The van der Waals surface area contributed by atoms with E-state index in [0.717, 1.165) is 12.1 Å². The highest BCUT2D eigenvalue weighted by Crippen LogP contribution is 2.18. The predicted octanol–water partition coefficient (Wildman–Crippen LogP) is 2.85. The van der Waals surface area contributed by atoms with E-state index < -0.39 is 0 Å². The smallest absolute Gasteiger partial charge is 0.0640 e. The van der Waals surface area contributed by atoms with Crippen molar-refractivity contribution in [2.75, 3.05) is 6.61 Å². The number of hydrogen-bond donors (Lipinski definition) is 2. The maximum atomic E-state index is 8.88. The molecule has 1 heterocycles. The Hall–Kier alpha value is -1.65. The topological polar surface area (TPSA) is 50.1 Å². The Labute approximate surface area is 126 Å². The predicted molar refractivity (Wildman–Crippen MR) is 85.1 cm³/mol. The van der Waals surface area contributed by atoms with Gasteiger partial charge in [0, 0.05) is 24.3 Å². The largest absolute Gasteiger partial charge is 0.394 e. The first kappa shape index (κ1) is 15.7. The Kier molecular flexibility index (Phi) is 5.53. The minimum atomic E-state index is 0.118. The number of aromatic nitrogens is 2. The van der Waals surface area contributed by atoms with Crippen LogP contribution in [0.5, 0.6) is 0 Å². The summed E-state index contributed by atoms with van der Waals surface area (Å²) in [7, 11) is 0. The Morgan fingerprint density at radius 1 is 1.14 bits per heavy atom. The summed E-state index contributed by atoms with van der Waals surface area (Å²) in [5, 5.41) is 16.6. The summed E-state index contributed by atoms with van der Waals surface area (Å²) >= 11 is 0. The summed E-state index contributed by atoms with van der Waals surface area (Å²) in [6.45, 7) is 8.03. The van der Waals surface area contributed by atoms with Gasteiger partial charge in [0.15, 0.2) is 0 Å². The summed E-state index contributed by atoms with van der Waals surface area (Å²) in [4.78, 5) is 0. The van der Waals surface area contributed by atoms with Crippen LogP contribution in [-0.2, 0) is 13.1 Å². The van der Waals surface area contributed by atoms with Gasteiger partial charge in [-0.05, 0) is 24.0 Å².